The van der Waals surface area contributed by atoms with Crippen LogP contribution in [-0.2, 0) is 14.3 Å². The van der Waals surface area contributed by atoms with Gasteiger partial charge in [-0.2, -0.15) is 0 Å². The minimum Gasteiger partial charge on any atom is -0.486 e. The standard InChI is InChI=1S/C21H33NO5/c1-14(2)17(25-16-12-10-9-11-13-16)21(7,8)26-18(23)15(3)22-19(24)27-20(4,5)6/h9-15,17H,1-8H3,(H,22,24)/t15-,17?/m1/s1. The van der Waals surface area contributed by atoms with Crippen molar-refractivity contribution >= 4 is 12.1 Å². The molecule has 1 N–H and O–H groups in total. The summed E-state index contributed by atoms with van der Waals surface area (Å²) in [7, 11) is 0. The Labute approximate surface area is 162 Å². The minimum absolute atomic E-state index is 0.0992. The van der Waals surface area contributed by atoms with Crippen molar-refractivity contribution < 1.29 is 23.8 Å². The summed E-state index contributed by atoms with van der Waals surface area (Å²) in [5.41, 5.74) is -1.54. The number of alkyl carbamates (subject to hydrolysis) is 1. The second kappa shape index (κ2) is 9.11. The van der Waals surface area contributed by atoms with E-state index < -0.39 is 29.3 Å². The molecule has 0 aliphatic heterocycles. The molecule has 0 bridgehead atoms. The lowest BCUT2D eigenvalue weighted by Crippen LogP contribution is -2.51. The van der Waals surface area contributed by atoms with E-state index in [1.54, 1.807) is 41.5 Å². The van der Waals surface area contributed by atoms with Crippen molar-refractivity contribution in [1.29, 1.82) is 0 Å². The number of hydrogen-bond acceptors (Lipinski definition) is 5. The van der Waals surface area contributed by atoms with E-state index >= 15 is 0 Å². The SMILES string of the molecule is CC(C)C(Oc1ccccc1)C(C)(C)OC(=O)[C@@H](C)NC(=O)OC(C)(C)C. The third-order valence-corrected chi connectivity index (χ3v) is 3.75. The van der Waals surface area contributed by atoms with Crippen LogP contribution in [0.1, 0.15) is 55.4 Å². The van der Waals surface area contributed by atoms with E-state index in [1.807, 2.05) is 44.2 Å². The Morgan fingerprint density at radius 1 is 0.926 bits per heavy atom. The van der Waals surface area contributed by atoms with Crippen LogP contribution in [0.5, 0.6) is 5.75 Å². The number of amides is 1. The summed E-state index contributed by atoms with van der Waals surface area (Å²) in [4.78, 5) is 24.3. The predicted octanol–water partition coefficient (Wildman–Crippen LogP) is 4.33. The summed E-state index contributed by atoms with van der Waals surface area (Å²) in [5.74, 6) is 0.260. The lowest BCUT2D eigenvalue weighted by Gasteiger charge is -2.37. The molecule has 2 atom stereocenters. The van der Waals surface area contributed by atoms with Gasteiger partial charge in [0.25, 0.3) is 0 Å². The molecule has 0 aliphatic carbocycles. The maximum atomic E-state index is 12.5. The van der Waals surface area contributed by atoms with E-state index in [-0.39, 0.29) is 12.0 Å². The van der Waals surface area contributed by atoms with E-state index in [4.69, 9.17) is 14.2 Å². The second-order valence-corrected chi connectivity index (χ2v) is 8.49. The summed E-state index contributed by atoms with van der Waals surface area (Å²) < 4.78 is 16.9. The predicted molar refractivity (Wildman–Crippen MR) is 105 cm³/mol. The molecule has 0 aliphatic rings. The number of esters is 1. The Bertz CT molecular complexity index is 619. The number of ether oxygens (including phenoxy) is 3. The first-order valence-electron chi connectivity index (χ1n) is 9.26. The molecule has 0 saturated heterocycles. The molecule has 152 valence electrons. The van der Waals surface area contributed by atoms with Crippen molar-refractivity contribution in [3.05, 3.63) is 30.3 Å². The first-order valence-corrected chi connectivity index (χ1v) is 9.26. The van der Waals surface area contributed by atoms with E-state index in [0.717, 1.165) is 0 Å². The molecule has 0 saturated carbocycles. The zero-order valence-corrected chi connectivity index (χ0v) is 17.7. The molecule has 1 aromatic carbocycles. The van der Waals surface area contributed by atoms with Crippen molar-refractivity contribution in [3.63, 3.8) is 0 Å². The summed E-state index contributed by atoms with van der Waals surface area (Å²) in [6.07, 6.45) is -1.02. The Morgan fingerprint density at radius 3 is 1.96 bits per heavy atom. The molecule has 0 radical (unpaired) electrons. The second-order valence-electron chi connectivity index (χ2n) is 8.49. The fraction of sp³-hybridized carbons (Fsp3) is 0.619. The molecule has 1 aromatic rings. The lowest BCUT2D eigenvalue weighted by atomic mass is 9.91. The topological polar surface area (TPSA) is 73.9 Å². The minimum atomic E-state index is -0.898. The van der Waals surface area contributed by atoms with Gasteiger partial charge in [0, 0.05) is 0 Å². The van der Waals surface area contributed by atoms with Gasteiger partial charge in [-0.3, -0.25) is 0 Å². The molecule has 0 heterocycles. The lowest BCUT2D eigenvalue weighted by molar-refractivity contribution is -0.170. The molecule has 0 fully saturated rings. The van der Waals surface area contributed by atoms with E-state index in [2.05, 4.69) is 5.32 Å². The molecule has 1 unspecified atom stereocenters. The maximum absolute atomic E-state index is 12.5. The van der Waals surface area contributed by atoms with E-state index in [9.17, 15) is 9.59 Å². The summed E-state index contributed by atoms with van der Waals surface area (Å²) >= 11 is 0. The summed E-state index contributed by atoms with van der Waals surface area (Å²) in [6, 6.07) is 8.56. The number of carbonyl (C=O) groups excluding carboxylic acids is 2. The van der Waals surface area contributed by atoms with E-state index in [1.165, 1.54) is 0 Å². The first kappa shape index (κ1) is 22.8. The van der Waals surface area contributed by atoms with Crippen LogP contribution in [0.4, 0.5) is 4.79 Å². The normalized spacial score (nSPS) is 14.3. The zero-order chi connectivity index (χ0) is 20.8. The molecule has 1 rings (SSSR count). The van der Waals surface area contributed by atoms with Crippen LogP contribution in [0, 0.1) is 5.92 Å². The summed E-state index contributed by atoms with van der Waals surface area (Å²) in [6.45, 7) is 14.5. The van der Waals surface area contributed by atoms with Crippen molar-refractivity contribution in [2.24, 2.45) is 5.92 Å². The number of carbonyl (C=O) groups is 2. The number of benzene rings is 1. The van der Waals surface area contributed by atoms with Gasteiger partial charge in [0.1, 0.15) is 29.1 Å². The zero-order valence-electron chi connectivity index (χ0n) is 17.7. The van der Waals surface area contributed by atoms with Gasteiger partial charge in [-0.25, -0.2) is 9.59 Å². The fourth-order valence-corrected chi connectivity index (χ4v) is 2.68. The van der Waals surface area contributed by atoms with Crippen LogP contribution in [0.15, 0.2) is 30.3 Å². The maximum Gasteiger partial charge on any atom is 0.408 e. The highest BCUT2D eigenvalue weighted by atomic mass is 16.6. The molecule has 6 nitrogen and oxygen atoms in total. The van der Waals surface area contributed by atoms with Gasteiger partial charge in [-0.1, -0.05) is 32.0 Å². The third kappa shape index (κ3) is 7.89. The summed E-state index contributed by atoms with van der Waals surface area (Å²) in [5, 5.41) is 2.50. The first-order chi connectivity index (χ1) is 12.3. The number of hydrogen-bond donors (Lipinski definition) is 1. The highest BCUT2D eigenvalue weighted by Crippen LogP contribution is 2.27. The van der Waals surface area contributed by atoms with Crippen molar-refractivity contribution in [1.82, 2.24) is 5.32 Å². The number of para-hydroxylation sites is 1. The average molecular weight is 379 g/mol. The van der Waals surface area contributed by atoms with Crippen LogP contribution in [-0.4, -0.2) is 35.4 Å². The largest absolute Gasteiger partial charge is 0.486 e. The van der Waals surface area contributed by atoms with Crippen LogP contribution < -0.4 is 10.1 Å². The van der Waals surface area contributed by atoms with E-state index in [0.29, 0.717) is 5.75 Å². The Balaban J connectivity index is 2.76. The molecule has 27 heavy (non-hydrogen) atoms. The van der Waals surface area contributed by atoms with Gasteiger partial charge in [-0.05, 0) is 59.6 Å². The molecule has 6 heteroatoms. The Hall–Kier alpha value is -2.24. The average Bonchev–Trinajstić information content (AvgIpc) is 2.50. The molecular formula is C21H33NO5. The van der Waals surface area contributed by atoms with Gasteiger partial charge in [0.2, 0.25) is 0 Å². The Kier molecular flexibility index (Phi) is 7.69. The number of rotatable bonds is 7. The molecular weight excluding hydrogens is 346 g/mol. The fourth-order valence-electron chi connectivity index (χ4n) is 2.68. The van der Waals surface area contributed by atoms with Gasteiger partial charge < -0.3 is 19.5 Å². The van der Waals surface area contributed by atoms with Crippen molar-refractivity contribution in [3.8, 4) is 5.75 Å². The van der Waals surface area contributed by atoms with Crippen LogP contribution in [0.2, 0.25) is 0 Å². The molecule has 0 aromatic heterocycles. The van der Waals surface area contributed by atoms with Crippen LogP contribution in [0.25, 0.3) is 0 Å². The highest BCUT2D eigenvalue weighted by molar-refractivity contribution is 5.81. The van der Waals surface area contributed by atoms with Gasteiger partial charge in [0.05, 0.1) is 0 Å². The Morgan fingerprint density at radius 2 is 1.48 bits per heavy atom. The quantitative estimate of drug-likeness (QED) is 0.714. The van der Waals surface area contributed by atoms with Crippen LogP contribution >= 0.6 is 0 Å². The monoisotopic (exact) mass is 379 g/mol. The van der Waals surface area contributed by atoms with Crippen molar-refractivity contribution in [2.75, 3.05) is 0 Å². The smallest absolute Gasteiger partial charge is 0.408 e. The van der Waals surface area contributed by atoms with Crippen molar-refractivity contribution in [2.45, 2.75) is 78.7 Å². The van der Waals surface area contributed by atoms with Crippen LogP contribution in [0.3, 0.4) is 0 Å². The van der Waals surface area contributed by atoms with Gasteiger partial charge in [0.15, 0.2) is 0 Å². The third-order valence-electron chi connectivity index (χ3n) is 3.75. The molecule has 1 amide bonds. The number of nitrogens with one attached hydrogen (secondary N) is 1. The molecule has 0 spiro atoms. The van der Waals surface area contributed by atoms with Gasteiger partial charge >= 0.3 is 12.1 Å². The highest BCUT2D eigenvalue weighted by Gasteiger charge is 2.39. The van der Waals surface area contributed by atoms with Gasteiger partial charge in [-0.15, -0.1) is 0 Å².